The molecule has 0 aliphatic carbocycles. The van der Waals surface area contributed by atoms with Crippen LogP contribution in [0.4, 0.5) is 5.69 Å². The van der Waals surface area contributed by atoms with Crippen LogP contribution in [0.15, 0.2) is 87.1 Å². The Morgan fingerprint density at radius 3 is 2.28 bits per heavy atom. The Labute approximate surface area is 241 Å². The molecule has 1 aromatic heterocycles. The van der Waals surface area contributed by atoms with Gasteiger partial charge in [-0.15, -0.1) is 0 Å². The first-order valence-corrected chi connectivity index (χ1v) is 14.7. The average molecular weight is 624 g/mol. The van der Waals surface area contributed by atoms with Crippen LogP contribution in [0.2, 0.25) is 0 Å². The molecule has 0 radical (unpaired) electrons. The third-order valence-corrected chi connectivity index (χ3v) is 10.2. The number of carbonyl (C=O) groups excluding carboxylic acids is 2. The van der Waals surface area contributed by atoms with Crippen LogP contribution >= 0.6 is 39.0 Å². The topological polar surface area (TPSA) is 77.8 Å². The molecule has 0 saturated carbocycles. The predicted molar refractivity (Wildman–Crippen MR) is 155 cm³/mol. The molecular weight excluding hydrogens is 600 g/mol. The lowest BCUT2D eigenvalue weighted by Crippen LogP contribution is -2.32. The van der Waals surface area contributed by atoms with Crippen molar-refractivity contribution in [2.75, 3.05) is 19.1 Å². The zero-order valence-corrected chi connectivity index (χ0v) is 24.2. The number of nitrogens with zero attached hydrogens (tertiary/aromatic N) is 2. The molecule has 0 unspecified atom stereocenters. The number of amides is 2. The Bertz CT molecular complexity index is 1630. The first-order valence-electron chi connectivity index (χ1n) is 12.2. The van der Waals surface area contributed by atoms with Crippen LogP contribution in [-0.2, 0) is 16.1 Å². The molecule has 39 heavy (non-hydrogen) atoms. The second kappa shape index (κ2) is 10.3. The van der Waals surface area contributed by atoms with Crippen molar-refractivity contribution in [1.82, 2.24) is 4.57 Å². The van der Waals surface area contributed by atoms with Crippen molar-refractivity contribution < 1.29 is 19.1 Å². The molecule has 2 aliphatic rings. The number of ether oxygens (including phenoxy) is 2. The van der Waals surface area contributed by atoms with Gasteiger partial charge in [-0.3, -0.25) is 19.0 Å². The lowest BCUT2D eigenvalue weighted by atomic mass is 9.83. The maximum absolute atomic E-state index is 14.0. The van der Waals surface area contributed by atoms with E-state index in [0.717, 1.165) is 36.8 Å². The summed E-state index contributed by atoms with van der Waals surface area (Å²) < 4.78 is 13.6. The minimum absolute atomic E-state index is 0.119. The quantitative estimate of drug-likeness (QED) is 0.263. The van der Waals surface area contributed by atoms with E-state index in [9.17, 15) is 14.4 Å². The van der Waals surface area contributed by atoms with Crippen molar-refractivity contribution in [1.29, 1.82) is 0 Å². The number of hydrogen-bond acceptors (Lipinski definition) is 7. The molecule has 1 fully saturated rings. The smallest absolute Gasteiger partial charge is 0.308 e. The maximum Gasteiger partial charge on any atom is 0.308 e. The number of imide groups is 1. The molecule has 1 saturated heterocycles. The van der Waals surface area contributed by atoms with Crippen molar-refractivity contribution >= 4 is 56.5 Å². The Morgan fingerprint density at radius 1 is 0.872 bits per heavy atom. The molecular formula is C29H23BrN2O5S2. The summed E-state index contributed by atoms with van der Waals surface area (Å²) >= 11 is 5.88. The van der Waals surface area contributed by atoms with Crippen LogP contribution in [0.5, 0.6) is 11.5 Å². The number of carbonyl (C=O) groups is 2. The number of hydrogen-bond donors (Lipinski definition) is 0. The Kier molecular flexibility index (Phi) is 6.86. The van der Waals surface area contributed by atoms with Crippen LogP contribution in [0.3, 0.4) is 0 Å². The number of methoxy groups -OCH3 is 2. The van der Waals surface area contributed by atoms with Crippen LogP contribution in [0, 0.1) is 5.92 Å². The molecule has 3 aromatic carbocycles. The highest BCUT2D eigenvalue weighted by Crippen LogP contribution is 2.54. The molecule has 0 N–H and O–H groups in total. The van der Waals surface area contributed by atoms with E-state index in [0.29, 0.717) is 23.7 Å². The molecule has 2 amide bonds. The molecule has 10 heteroatoms. The lowest BCUT2D eigenvalue weighted by molar-refractivity contribution is -0.122. The number of anilines is 1. The number of halogens is 1. The van der Waals surface area contributed by atoms with E-state index < -0.39 is 17.1 Å². The zero-order chi connectivity index (χ0) is 27.3. The molecule has 7 nitrogen and oxygen atoms in total. The number of thioether (sulfide) groups is 1. The number of aromatic nitrogens is 1. The minimum Gasteiger partial charge on any atom is -0.493 e. The summed E-state index contributed by atoms with van der Waals surface area (Å²) in [7, 11) is 3.12. The van der Waals surface area contributed by atoms with Gasteiger partial charge >= 0.3 is 4.87 Å². The van der Waals surface area contributed by atoms with Crippen molar-refractivity contribution in [3.8, 4) is 11.5 Å². The summed E-state index contributed by atoms with van der Waals surface area (Å²) in [6.45, 7) is 0.382. The largest absolute Gasteiger partial charge is 0.493 e. The first-order chi connectivity index (χ1) is 18.9. The van der Waals surface area contributed by atoms with Gasteiger partial charge in [-0.2, -0.15) is 0 Å². The van der Waals surface area contributed by atoms with Gasteiger partial charge in [0, 0.05) is 15.3 Å². The van der Waals surface area contributed by atoms with Gasteiger partial charge in [0.15, 0.2) is 11.5 Å². The number of fused-ring (bicyclic) bond motifs is 2. The molecule has 6 rings (SSSR count). The SMILES string of the molecule is COc1ccc([C@@H]2c3sc(=O)n(Cc4ccccc4)c3S[C@@H]3C(=O)N(c4ccc(Br)cc4)C(=O)[C@@H]23)cc1OC. The van der Waals surface area contributed by atoms with E-state index in [1.165, 1.54) is 16.7 Å². The number of thiazole rings is 1. The van der Waals surface area contributed by atoms with E-state index in [-0.39, 0.29) is 16.7 Å². The highest BCUT2D eigenvalue weighted by Gasteiger charge is 2.56. The van der Waals surface area contributed by atoms with Crippen LogP contribution in [0.1, 0.15) is 21.9 Å². The fourth-order valence-corrected chi connectivity index (χ4v) is 8.31. The van der Waals surface area contributed by atoms with Gasteiger partial charge < -0.3 is 9.47 Å². The lowest BCUT2D eigenvalue weighted by Gasteiger charge is -2.31. The molecule has 2 aliphatic heterocycles. The van der Waals surface area contributed by atoms with E-state index in [1.54, 1.807) is 37.0 Å². The summed E-state index contributed by atoms with van der Waals surface area (Å²) in [5.41, 5.74) is 2.30. The number of benzene rings is 3. The van der Waals surface area contributed by atoms with E-state index in [1.807, 2.05) is 54.6 Å². The summed E-state index contributed by atoms with van der Waals surface area (Å²) in [4.78, 5) is 43.2. The second-order valence-corrected chi connectivity index (χ2v) is 12.3. The third-order valence-electron chi connectivity index (χ3n) is 7.08. The Hall–Kier alpha value is -3.34. The molecule has 3 heterocycles. The summed E-state index contributed by atoms with van der Waals surface area (Å²) in [5.74, 6) is -0.663. The van der Waals surface area contributed by atoms with E-state index in [4.69, 9.17) is 9.47 Å². The van der Waals surface area contributed by atoms with Gasteiger partial charge in [0.1, 0.15) is 5.25 Å². The molecule has 3 atom stereocenters. The van der Waals surface area contributed by atoms with E-state index >= 15 is 0 Å². The Balaban J connectivity index is 1.51. The summed E-state index contributed by atoms with van der Waals surface area (Å²) in [6.07, 6.45) is 0. The van der Waals surface area contributed by atoms with Crippen LogP contribution in [0.25, 0.3) is 0 Å². The number of rotatable bonds is 6. The maximum atomic E-state index is 14.0. The van der Waals surface area contributed by atoms with Gasteiger partial charge in [-0.05, 0) is 47.5 Å². The molecule has 0 spiro atoms. The van der Waals surface area contributed by atoms with Crippen LogP contribution in [-0.4, -0.2) is 35.9 Å². The molecule has 198 valence electrons. The van der Waals surface area contributed by atoms with Crippen molar-refractivity contribution in [2.24, 2.45) is 5.92 Å². The average Bonchev–Trinajstić information content (AvgIpc) is 3.40. The zero-order valence-electron chi connectivity index (χ0n) is 21.0. The van der Waals surface area contributed by atoms with Crippen LogP contribution < -0.4 is 19.2 Å². The highest BCUT2D eigenvalue weighted by atomic mass is 79.9. The van der Waals surface area contributed by atoms with Gasteiger partial charge in [0.2, 0.25) is 11.8 Å². The standard InChI is InChI=1S/C29H23BrN2O5S2/c1-36-20-13-8-17(14-21(20)37-2)22-23-24(27(34)32(26(23)33)19-11-9-18(30)10-12-19)38-28-25(22)39-29(35)31(28)15-16-6-4-3-5-7-16/h3-14,22-24H,15H2,1-2H3/t22-,23-,24-/m0/s1. The van der Waals surface area contributed by atoms with Crippen molar-refractivity contribution in [2.45, 2.75) is 22.7 Å². The predicted octanol–water partition coefficient (Wildman–Crippen LogP) is 5.53. The van der Waals surface area contributed by atoms with Gasteiger partial charge in [-0.25, -0.2) is 4.90 Å². The van der Waals surface area contributed by atoms with Gasteiger partial charge in [-0.1, -0.05) is 75.4 Å². The van der Waals surface area contributed by atoms with Crippen molar-refractivity contribution in [3.63, 3.8) is 0 Å². The minimum atomic E-state index is -0.681. The normalized spacial score (nSPS) is 20.1. The summed E-state index contributed by atoms with van der Waals surface area (Å²) in [5, 5.41) is 0.0523. The monoisotopic (exact) mass is 622 g/mol. The second-order valence-electron chi connectivity index (χ2n) is 9.25. The Morgan fingerprint density at radius 2 is 1.59 bits per heavy atom. The van der Waals surface area contributed by atoms with Gasteiger partial charge in [0.25, 0.3) is 0 Å². The third kappa shape index (κ3) is 4.40. The molecule has 4 aromatic rings. The first kappa shape index (κ1) is 25.9. The van der Waals surface area contributed by atoms with Crippen molar-refractivity contribution in [3.05, 3.63) is 103 Å². The van der Waals surface area contributed by atoms with E-state index in [2.05, 4.69) is 15.9 Å². The summed E-state index contributed by atoms with van der Waals surface area (Å²) in [6, 6.07) is 22.4. The highest BCUT2D eigenvalue weighted by molar-refractivity contribution is 9.10. The fourth-order valence-electron chi connectivity index (χ4n) is 5.27. The van der Waals surface area contributed by atoms with Gasteiger partial charge in [0.05, 0.1) is 37.4 Å². The molecule has 0 bridgehead atoms. The fraction of sp³-hybridized carbons (Fsp3) is 0.207.